The average molecular weight is 288 g/mol. The van der Waals surface area contributed by atoms with Crippen LogP contribution in [0.3, 0.4) is 0 Å². The lowest BCUT2D eigenvalue weighted by molar-refractivity contribution is 0.305. The Balaban J connectivity index is 1.54. The van der Waals surface area contributed by atoms with E-state index in [4.69, 9.17) is 4.74 Å². The topological polar surface area (TPSA) is 34.1 Å². The van der Waals surface area contributed by atoms with Gasteiger partial charge in [-0.05, 0) is 49.9 Å². The summed E-state index contributed by atoms with van der Waals surface area (Å²) in [5.41, 5.74) is 2.46. The van der Waals surface area contributed by atoms with E-state index in [0.29, 0.717) is 6.61 Å². The third-order valence-corrected chi connectivity index (χ3v) is 4.27. The molecule has 2 aromatic rings. The molecule has 0 radical (unpaired) electrons. The molecule has 0 aliphatic heterocycles. The van der Waals surface area contributed by atoms with Crippen LogP contribution in [0, 0.1) is 13.8 Å². The summed E-state index contributed by atoms with van der Waals surface area (Å²) in [5, 5.41) is 4.54. The average Bonchev–Trinajstić information content (AvgIpc) is 3.12. The number of ether oxygens (including phenoxy) is 1. The minimum absolute atomic E-state index is 0.553. The number of rotatable bonds is 6. The lowest BCUT2D eigenvalue weighted by atomic mass is 10.1. The van der Waals surface area contributed by atoms with Crippen LogP contribution in [-0.2, 0) is 13.2 Å². The summed E-state index contributed by atoms with van der Waals surface area (Å²) >= 11 is 1.73. The molecule has 0 atom stereocenters. The standard InChI is InChI=1S/C16H20N2OS/c1-11-5-12(2)7-14(6-11)19-10-16-18-9-15(20-16)8-17-13-3-4-13/h5-7,9,13,17H,3-4,8,10H2,1-2H3. The van der Waals surface area contributed by atoms with Crippen LogP contribution in [0.4, 0.5) is 0 Å². The molecule has 1 saturated carbocycles. The molecule has 1 aliphatic rings. The number of aromatic nitrogens is 1. The molecule has 20 heavy (non-hydrogen) atoms. The summed E-state index contributed by atoms with van der Waals surface area (Å²) in [6, 6.07) is 7.02. The Kier molecular flexibility index (Phi) is 4.03. The highest BCUT2D eigenvalue weighted by molar-refractivity contribution is 7.11. The maximum atomic E-state index is 5.83. The van der Waals surface area contributed by atoms with Crippen molar-refractivity contribution in [3.05, 3.63) is 45.4 Å². The molecule has 0 amide bonds. The van der Waals surface area contributed by atoms with E-state index in [1.54, 1.807) is 11.3 Å². The zero-order valence-corrected chi connectivity index (χ0v) is 12.8. The highest BCUT2D eigenvalue weighted by atomic mass is 32.1. The van der Waals surface area contributed by atoms with E-state index in [0.717, 1.165) is 23.3 Å². The number of nitrogens with one attached hydrogen (secondary N) is 1. The molecule has 1 aliphatic carbocycles. The van der Waals surface area contributed by atoms with Crippen LogP contribution in [0.2, 0.25) is 0 Å². The number of aryl methyl sites for hydroxylation is 2. The van der Waals surface area contributed by atoms with Crippen LogP contribution in [0.1, 0.15) is 33.9 Å². The second-order valence-electron chi connectivity index (χ2n) is 5.49. The molecule has 1 fully saturated rings. The number of hydrogen-bond donors (Lipinski definition) is 1. The smallest absolute Gasteiger partial charge is 0.140 e. The van der Waals surface area contributed by atoms with E-state index in [2.05, 4.69) is 42.3 Å². The first-order valence-electron chi connectivity index (χ1n) is 7.07. The Bertz CT molecular complexity index is 570. The van der Waals surface area contributed by atoms with Crippen LogP contribution in [0.25, 0.3) is 0 Å². The van der Waals surface area contributed by atoms with E-state index in [1.165, 1.54) is 28.8 Å². The zero-order chi connectivity index (χ0) is 13.9. The van der Waals surface area contributed by atoms with Crippen LogP contribution in [-0.4, -0.2) is 11.0 Å². The Hall–Kier alpha value is -1.39. The van der Waals surface area contributed by atoms with Crippen molar-refractivity contribution in [2.45, 2.75) is 45.9 Å². The van der Waals surface area contributed by atoms with Gasteiger partial charge >= 0.3 is 0 Å². The molecule has 106 valence electrons. The van der Waals surface area contributed by atoms with Crippen LogP contribution >= 0.6 is 11.3 Å². The van der Waals surface area contributed by atoms with Crippen molar-refractivity contribution >= 4 is 11.3 Å². The van der Waals surface area contributed by atoms with Crippen molar-refractivity contribution in [2.24, 2.45) is 0 Å². The van der Waals surface area contributed by atoms with Gasteiger partial charge in [0.25, 0.3) is 0 Å². The lowest BCUT2D eigenvalue weighted by Gasteiger charge is -2.06. The van der Waals surface area contributed by atoms with Crippen molar-refractivity contribution in [1.82, 2.24) is 10.3 Å². The van der Waals surface area contributed by atoms with E-state index in [-0.39, 0.29) is 0 Å². The Labute approximate surface area is 124 Å². The van der Waals surface area contributed by atoms with Gasteiger partial charge in [-0.2, -0.15) is 0 Å². The van der Waals surface area contributed by atoms with Gasteiger partial charge in [-0.25, -0.2) is 4.98 Å². The van der Waals surface area contributed by atoms with E-state index < -0.39 is 0 Å². The fourth-order valence-corrected chi connectivity index (χ4v) is 2.98. The van der Waals surface area contributed by atoms with Crippen molar-refractivity contribution in [2.75, 3.05) is 0 Å². The van der Waals surface area contributed by atoms with Crippen molar-refractivity contribution < 1.29 is 4.74 Å². The van der Waals surface area contributed by atoms with Gasteiger partial charge in [-0.15, -0.1) is 11.3 Å². The molecule has 1 aromatic heterocycles. The number of hydrogen-bond acceptors (Lipinski definition) is 4. The van der Waals surface area contributed by atoms with Gasteiger partial charge < -0.3 is 10.1 Å². The number of thiazole rings is 1. The SMILES string of the molecule is Cc1cc(C)cc(OCc2ncc(CNC3CC3)s2)c1. The van der Waals surface area contributed by atoms with Crippen molar-refractivity contribution in [3.63, 3.8) is 0 Å². The first-order valence-corrected chi connectivity index (χ1v) is 7.89. The predicted molar refractivity (Wildman–Crippen MR) is 82.2 cm³/mol. The normalized spacial score (nSPS) is 14.5. The summed E-state index contributed by atoms with van der Waals surface area (Å²) < 4.78 is 5.83. The number of benzene rings is 1. The van der Waals surface area contributed by atoms with Crippen LogP contribution in [0.5, 0.6) is 5.75 Å². The molecule has 0 unspecified atom stereocenters. The highest BCUT2D eigenvalue weighted by Crippen LogP contribution is 2.22. The summed E-state index contributed by atoms with van der Waals surface area (Å²) in [7, 11) is 0. The fraction of sp³-hybridized carbons (Fsp3) is 0.438. The van der Waals surface area contributed by atoms with Gasteiger partial charge in [-0.1, -0.05) is 6.07 Å². The maximum absolute atomic E-state index is 5.83. The summed E-state index contributed by atoms with van der Waals surface area (Å²) in [4.78, 5) is 5.72. The summed E-state index contributed by atoms with van der Waals surface area (Å²) in [6.45, 7) is 5.67. The third-order valence-electron chi connectivity index (χ3n) is 3.30. The molecule has 0 bridgehead atoms. The molecular formula is C16H20N2OS. The second-order valence-corrected chi connectivity index (χ2v) is 6.69. The predicted octanol–water partition coefficient (Wildman–Crippen LogP) is 3.59. The van der Waals surface area contributed by atoms with E-state index >= 15 is 0 Å². The largest absolute Gasteiger partial charge is 0.486 e. The molecule has 1 heterocycles. The quantitative estimate of drug-likeness (QED) is 0.882. The van der Waals surface area contributed by atoms with Crippen LogP contribution < -0.4 is 10.1 Å². The van der Waals surface area contributed by atoms with Gasteiger partial charge in [0, 0.05) is 23.7 Å². The molecule has 4 heteroatoms. The molecule has 0 spiro atoms. The molecule has 0 saturated heterocycles. The first-order chi connectivity index (χ1) is 9.69. The Morgan fingerprint density at radius 3 is 2.70 bits per heavy atom. The van der Waals surface area contributed by atoms with Gasteiger partial charge in [0.2, 0.25) is 0 Å². The minimum atomic E-state index is 0.553. The Morgan fingerprint density at radius 1 is 1.25 bits per heavy atom. The zero-order valence-electron chi connectivity index (χ0n) is 12.0. The lowest BCUT2D eigenvalue weighted by Crippen LogP contribution is -2.14. The monoisotopic (exact) mass is 288 g/mol. The maximum Gasteiger partial charge on any atom is 0.140 e. The van der Waals surface area contributed by atoms with Crippen molar-refractivity contribution in [1.29, 1.82) is 0 Å². The summed E-state index contributed by atoms with van der Waals surface area (Å²) in [5.74, 6) is 0.926. The third kappa shape index (κ3) is 3.81. The second kappa shape index (κ2) is 5.94. The van der Waals surface area contributed by atoms with Gasteiger partial charge in [0.1, 0.15) is 17.4 Å². The minimum Gasteiger partial charge on any atom is -0.486 e. The van der Waals surface area contributed by atoms with Gasteiger partial charge in [-0.3, -0.25) is 0 Å². The van der Waals surface area contributed by atoms with Gasteiger partial charge in [0.05, 0.1) is 0 Å². The summed E-state index contributed by atoms with van der Waals surface area (Å²) in [6.07, 6.45) is 4.60. The van der Waals surface area contributed by atoms with Gasteiger partial charge in [0.15, 0.2) is 0 Å². The van der Waals surface area contributed by atoms with Crippen molar-refractivity contribution in [3.8, 4) is 5.75 Å². The highest BCUT2D eigenvalue weighted by Gasteiger charge is 2.20. The Morgan fingerprint density at radius 2 is 2.00 bits per heavy atom. The fourth-order valence-electron chi connectivity index (χ4n) is 2.19. The first kappa shape index (κ1) is 13.6. The number of nitrogens with zero attached hydrogens (tertiary/aromatic N) is 1. The van der Waals surface area contributed by atoms with Crippen LogP contribution in [0.15, 0.2) is 24.4 Å². The molecule has 1 aromatic carbocycles. The molecule has 3 nitrogen and oxygen atoms in total. The molecule has 1 N–H and O–H groups in total. The molecular weight excluding hydrogens is 268 g/mol. The van der Waals surface area contributed by atoms with E-state index in [9.17, 15) is 0 Å². The van der Waals surface area contributed by atoms with E-state index in [1.807, 2.05) is 6.20 Å². The molecule has 3 rings (SSSR count).